The third kappa shape index (κ3) is 1.20. The Hall–Kier alpha value is -1.05. The fourth-order valence-corrected chi connectivity index (χ4v) is 1.49. The van der Waals surface area contributed by atoms with Gasteiger partial charge in [-0.3, -0.25) is 4.79 Å². The largest absolute Gasteiger partial charge is 0.458 e. The molecule has 2 heteroatoms. The summed E-state index contributed by atoms with van der Waals surface area (Å²) in [5.41, 5.74) is 1.25. The van der Waals surface area contributed by atoms with Crippen LogP contribution in [0.3, 0.4) is 0 Å². The van der Waals surface area contributed by atoms with Crippen LogP contribution in [0.4, 0.5) is 0 Å². The van der Waals surface area contributed by atoms with Gasteiger partial charge in [-0.15, -0.1) is 0 Å². The zero-order valence-electron chi connectivity index (χ0n) is 6.25. The molecule has 1 unspecified atom stereocenters. The van der Waals surface area contributed by atoms with Crippen LogP contribution in [0, 0.1) is 0 Å². The van der Waals surface area contributed by atoms with E-state index >= 15 is 0 Å². The number of hydrogen-bond donors (Lipinski definition) is 0. The SMILES string of the molecule is O=C1CCC(C2=CC=CC2)O1. The average molecular weight is 150 g/mol. The molecule has 11 heavy (non-hydrogen) atoms. The first-order chi connectivity index (χ1) is 5.36. The van der Waals surface area contributed by atoms with Gasteiger partial charge in [-0.1, -0.05) is 18.2 Å². The normalized spacial score (nSPS) is 28.9. The van der Waals surface area contributed by atoms with E-state index < -0.39 is 0 Å². The number of rotatable bonds is 1. The lowest BCUT2D eigenvalue weighted by Gasteiger charge is -2.08. The molecule has 0 aromatic heterocycles. The molecular formula is C9H10O2. The van der Waals surface area contributed by atoms with Gasteiger partial charge in [0, 0.05) is 6.42 Å². The van der Waals surface area contributed by atoms with Gasteiger partial charge < -0.3 is 4.74 Å². The predicted molar refractivity (Wildman–Crippen MR) is 41.0 cm³/mol. The topological polar surface area (TPSA) is 26.3 Å². The molecule has 2 rings (SSSR count). The molecule has 1 atom stereocenters. The van der Waals surface area contributed by atoms with Crippen LogP contribution < -0.4 is 0 Å². The van der Waals surface area contributed by atoms with Crippen molar-refractivity contribution < 1.29 is 9.53 Å². The van der Waals surface area contributed by atoms with E-state index in [-0.39, 0.29) is 12.1 Å². The molecule has 1 fully saturated rings. The van der Waals surface area contributed by atoms with Gasteiger partial charge in [0.1, 0.15) is 6.10 Å². The fourth-order valence-electron chi connectivity index (χ4n) is 1.49. The Morgan fingerprint density at radius 3 is 3.00 bits per heavy atom. The van der Waals surface area contributed by atoms with Crippen molar-refractivity contribution in [3.63, 3.8) is 0 Å². The minimum Gasteiger partial charge on any atom is -0.458 e. The van der Waals surface area contributed by atoms with E-state index in [1.807, 2.05) is 12.2 Å². The van der Waals surface area contributed by atoms with E-state index in [4.69, 9.17) is 4.74 Å². The van der Waals surface area contributed by atoms with Gasteiger partial charge in [0.2, 0.25) is 0 Å². The molecule has 2 nitrogen and oxygen atoms in total. The van der Waals surface area contributed by atoms with Crippen molar-refractivity contribution in [1.82, 2.24) is 0 Å². The Labute approximate surface area is 65.5 Å². The van der Waals surface area contributed by atoms with Gasteiger partial charge in [0.15, 0.2) is 0 Å². The molecule has 0 aromatic carbocycles. The average Bonchev–Trinajstić information content (AvgIpc) is 2.55. The third-order valence-electron chi connectivity index (χ3n) is 2.10. The van der Waals surface area contributed by atoms with Gasteiger partial charge in [0.25, 0.3) is 0 Å². The molecule has 0 bridgehead atoms. The maximum absolute atomic E-state index is 10.7. The minimum atomic E-state index is -0.0530. The van der Waals surface area contributed by atoms with Crippen molar-refractivity contribution in [1.29, 1.82) is 0 Å². The summed E-state index contributed by atoms with van der Waals surface area (Å²) in [5, 5.41) is 0. The highest BCUT2D eigenvalue weighted by molar-refractivity contribution is 5.72. The van der Waals surface area contributed by atoms with Crippen LogP contribution in [0.15, 0.2) is 23.8 Å². The molecule has 0 aromatic rings. The molecule has 1 heterocycles. The summed E-state index contributed by atoms with van der Waals surface area (Å²) >= 11 is 0. The second-order valence-corrected chi connectivity index (χ2v) is 2.89. The summed E-state index contributed by atoms with van der Waals surface area (Å²) in [6.45, 7) is 0. The van der Waals surface area contributed by atoms with Crippen molar-refractivity contribution >= 4 is 5.97 Å². The monoisotopic (exact) mass is 150 g/mol. The van der Waals surface area contributed by atoms with E-state index in [9.17, 15) is 4.79 Å². The Morgan fingerprint density at radius 1 is 1.55 bits per heavy atom. The highest BCUT2D eigenvalue weighted by Crippen LogP contribution is 2.25. The second kappa shape index (κ2) is 2.53. The quantitative estimate of drug-likeness (QED) is 0.530. The lowest BCUT2D eigenvalue weighted by atomic mass is 10.1. The molecule has 0 saturated carbocycles. The summed E-state index contributed by atoms with van der Waals surface area (Å²) in [6.07, 6.45) is 8.64. The molecule has 1 saturated heterocycles. The third-order valence-corrected chi connectivity index (χ3v) is 2.10. The Bertz CT molecular complexity index is 238. The maximum Gasteiger partial charge on any atom is 0.306 e. The number of esters is 1. The molecule has 0 N–H and O–H groups in total. The lowest BCUT2D eigenvalue weighted by Crippen LogP contribution is -2.08. The first-order valence-corrected chi connectivity index (χ1v) is 3.91. The highest BCUT2D eigenvalue weighted by atomic mass is 16.5. The zero-order valence-corrected chi connectivity index (χ0v) is 6.25. The lowest BCUT2D eigenvalue weighted by molar-refractivity contribution is -0.140. The number of ether oxygens (including phenoxy) is 1. The number of carbonyl (C=O) groups is 1. The second-order valence-electron chi connectivity index (χ2n) is 2.89. The number of allylic oxidation sites excluding steroid dienone is 3. The van der Waals surface area contributed by atoms with Crippen molar-refractivity contribution in [2.24, 2.45) is 0 Å². The maximum atomic E-state index is 10.7. The molecule has 1 aliphatic heterocycles. The van der Waals surface area contributed by atoms with E-state index in [0.29, 0.717) is 6.42 Å². The molecule has 58 valence electrons. The van der Waals surface area contributed by atoms with Crippen molar-refractivity contribution in [3.8, 4) is 0 Å². The summed E-state index contributed by atoms with van der Waals surface area (Å²) < 4.78 is 5.10. The van der Waals surface area contributed by atoms with E-state index in [2.05, 4.69) is 6.08 Å². The van der Waals surface area contributed by atoms with Gasteiger partial charge >= 0.3 is 5.97 Å². The first-order valence-electron chi connectivity index (χ1n) is 3.91. The molecular weight excluding hydrogens is 140 g/mol. The summed E-state index contributed by atoms with van der Waals surface area (Å²) in [6, 6.07) is 0. The molecule has 0 spiro atoms. The van der Waals surface area contributed by atoms with Crippen LogP contribution >= 0.6 is 0 Å². The first kappa shape index (κ1) is 6.65. The Kier molecular flexibility index (Phi) is 1.53. The van der Waals surface area contributed by atoms with E-state index in [1.54, 1.807) is 0 Å². The fraction of sp³-hybridized carbons (Fsp3) is 0.444. The van der Waals surface area contributed by atoms with Crippen molar-refractivity contribution in [2.75, 3.05) is 0 Å². The predicted octanol–water partition coefficient (Wildman–Crippen LogP) is 1.58. The molecule has 0 radical (unpaired) electrons. The Balaban J connectivity index is 2.02. The van der Waals surface area contributed by atoms with Crippen LogP contribution in [0.1, 0.15) is 19.3 Å². The molecule has 0 amide bonds. The van der Waals surface area contributed by atoms with Gasteiger partial charge in [-0.05, 0) is 18.4 Å². The minimum absolute atomic E-state index is 0.0530. The summed E-state index contributed by atoms with van der Waals surface area (Å²) in [5.74, 6) is -0.0530. The smallest absolute Gasteiger partial charge is 0.306 e. The number of hydrogen-bond acceptors (Lipinski definition) is 2. The van der Waals surface area contributed by atoms with Crippen LogP contribution in [-0.4, -0.2) is 12.1 Å². The molecule has 2 aliphatic rings. The van der Waals surface area contributed by atoms with E-state index in [0.717, 1.165) is 12.8 Å². The van der Waals surface area contributed by atoms with Crippen molar-refractivity contribution in [3.05, 3.63) is 23.8 Å². The summed E-state index contributed by atoms with van der Waals surface area (Å²) in [4.78, 5) is 10.7. The van der Waals surface area contributed by atoms with E-state index in [1.165, 1.54) is 5.57 Å². The van der Waals surface area contributed by atoms with Crippen LogP contribution in [0.25, 0.3) is 0 Å². The van der Waals surface area contributed by atoms with Gasteiger partial charge in [0.05, 0.1) is 0 Å². The Morgan fingerprint density at radius 2 is 2.45 bits per heavy atom. The number of cyclic esters (lactones) is 1. The van der Waals surface area contributed by atoms with Gasteiger partial charge in [-0.2, -0.15) is 0 Å². The standard InChI is InChI=1S/C9H10O2/c10-9-6-5-8(11-9)7-3-1-2-4-7/h1-3,8H,4-6H2. The highest BCUT2D eigenvalue weighted by Gasteiger charge is 2.26. The molecule has 1 aliphatic carbocycles. The van der Waals surface area contributed by atoms with Crippen molar-refractivity contribution in [2.45, 2.75) is 25.4 Å². The number of carbonyl (C=O) groups excluding carboxylic acids is 1. The van der Waals surface area contributed by atoms with Crippen LogP contribution in [-0.2, 0) is 9.53 Å². The van der Waals surface area contributed by atoms with Gasteiger partial charge in [-0.25, -0.2) is 0 Å². The van der Waals surface area contributed by atoms with Crippen LogP contribution in [0.5, 0.6) is 0 Å². The van der Waals surface area contributed by atoms with Crippen LogP contribution in [0.2, 0.25) is 0 Å². The summed E-state index contributed by atoms with van der Waals surface area (Å²) in [7, 11) is 0. The zero-order chi connectivity index (χ0) is 7.68.